The molecule has 0 bridgehead atoms. The van der Waals surface area contributed by atoms with E-state index in [0.29, 0.717) is 16.2 Å². The molecule has 0 spiro atoms. The zero-order chi connectivity index (χ0) is 11.2. The van der Waals surface area contributed by atoms with Crippen molar-refractivity contribution in [3.8, 4) is 0 Å². The fourth-order valence-electron chi connectivity index (χ4n) is 5.37. The van der Waals surface area contributed by atoms with Gasteiger partial charge in [-0.25, -0.2) is 0 Å². The van der Waals surface area contributed by atoms with Crippen LogP contribution in [0.25, 0.3) is 0 Å². The second kappa shape index (κ2) is 2.16. The Morgan fingerprint density at radius 3 is 2.00 bits per heavy atom. The second-order valence-electron chi connectivity index (χ2n) is 6.44. The van der Waals surface area contributed by atoms with Crippen LogP contribution in [0.4, 0.5) is 0 Å². The Bertz CT molecular complexity index is 496. The highest BCUT2D eigenvalue weighted by molar-refractivity contribution is 5.59. The molecule has 0 nitrogen and oxygen atoms in total. The van der Waals surface area contributed by atoms with Crippen molar-refractivity contribution in [2.75, 3.05) is 0 Å². The third-order valence-electron chi connectivity index (χ3n) is 6.35. The van der Waals surface area contributed by atoms with Crippen LogP contribution in [0.2, 0.25) is 0 Å². The predicted molar refractivity (Wildman–Crippen MR) is 66.1 cm³/mol. The first-order valence-corrected chi connectivity index (χ1v) is 6.32. The van der Waals surface area contributed by atoms with E-state index in [0.717, 1.165) is 11.8 Å². The molecule has 2 saturated carbocycles. The SMILES string of the molecule is CC1(C)[C@]2(C)[C@@H]3C=C[C@@H]3[C@@]12c1ccccc1. The zero-order valence-corrected chi connectivity index (χ0v) is 10.2. The van der Waals surface area contributed by atoms with Crippen LogP contribution in [-0.4, -0.2) is 0 Å². The van der Waals surface area contributed by atoms with Crippen molar-refractivity contribution in [2.24, 2.45) is 22.7 Å². The fourth-order valence-corrected chi connectivity index (χ4v) is 5.37. The summed E-state index contributed by atoms with van der Waals surface area (Å²) >= 11 is 0. The smallest absolute Gasteiger partial charge is 0.0143 e. The van der Waals surface area contributed by atoms with Gasteiger partial charge >= 0.3 is 0 Å². The highest BCUT2D eigenvalue weighted by Crippen LogP contribution is 2.94. The average molecular weight is 210 g/mol. The third kappa shape index (κ3) is 0.533. The Labute approximate surface area is 97.4 Å². The lowest BCUT2D eigenvalue weighted by Gasteiger charge is -2.53. The van der Waals surface area contributed by atoms with Gasteiger partial charge in [0.05, 0.1) is 0 Å². The molecule has 2 fully saturated rings. The van der Waals surface area contributed by atoms with Crippen LogP contribution in [0.15, 0.2) is 42.5 Å². The maximum atomic E-state index is 2.49. The summed E-state index contributed by atoms with van der Waals surface area (Å²) in [6.07, 6.45) is 4.87. The van der Waals surface area contributed by atoms with Crippen molar-refractivity contribution in [1.29, 1.82) is 0 Å². The van der Waals surface area contributed by atoms with Gasteiger partial charge in [0, 0.05) is 5.41 Å². The van der Waals surface area contributed by atoms with E-state index in [1.54, 1.807) is 5.56 Å². The van der Waals surface area contributed by atoms with Crippen molar-refractivity contribution >= 4 is 0 Å². The maximum Gasteiger partial charge on any atom is 0.0143 e. The van der Waals surface area contributed by atoms with Crippen molar-refractivity contribution in [1.82, 2.24) is 0 Å². The van der Waals surface area contributed by atoms with Crippen molar-refractivity contribution in [3.05, 3.63) is 48.0 Å². The molecule has 4 atom stereocenters. The van der Waals surface area contributed by atoms with E-state index in [1.165, 1.54) is 0 Å². The first kappa shape index (κ1) is 9.04. The van der Waals surface area contributed by atoms with Gasteiger partial charge in [-0.3, -0.25) is 0 Å². The number of fused-ring (bicyclic) bond motifs is 4. The van der Waals surface area contributed by atoms with Gasteiger partial charge in [-0.1, -0.05) is 63.3 Å². The van der Waals surface area contributed by atoms with Crippen LogP contribution in [0.3, 0.4) is 0 Å². The molecule has 3 aliphatic rings. The highest BCUT2D eigenvalue weighted by atomic mass is 15.0. The molecule has 4 rings (SSSR count). The van der Waals surface area contributed by atoms with Gasteiger partial charge in [0.15, 0.2) is 0 Å². The number of hydrogen-bond acceptors (Lipinski definition) is 0. The van der Waals surface area contributed by atoms with Crippen molar-refractivity contribution in [3.63, 3.8) is 0 Å². The molecule has 1 aromatic carbocycles. The number of allylic oxidation sites excluding steroid dienone is 2. The highest BCUT2D eigenvalue weighted by Gasteiger charge is 2.93. The molecule has 0 amide bonds. The molecular weight excluding hydrogens is 192 g/mol. The van der Waals surface area contributed by atoms with Gasteiger partial charge in [-0.15, -0.1) is 0 Å². The summed E-state index contributed by atoms with van der Waals surface area (Å²) in [6.45, 7) is 7.41. The van der Waals surface area contributed by atoms with Crippen LogP contribution in [0.5, 0.6) is 0 Å². The van der Waals surface area contributed by atoms with Gasteiger partial charge in [0.1, 0.15) is 0 Å². The molecule has 82 valence electrons. The monoisotopic (exact) mass is 210 g/mol. The molecular formula is C16H18. The van der Waals surface area contributed by atoms with Gasteiger partial charge in [0.25, 0.3) is 0 Å². The van der Waals surface area contributed by atoms with Crippen LogP contribution in [0, 0.1) is 22.7 Å². The Hall–Kier alpha value is -1.04. The van der Waals surface area contributed by atoms with Gasteiger partial charge in [-0.05, 0) is 28.2 Å². The van der Waals surface area contributed by atoms with E-state index < -0.39 is 0 Å². The molecule has 0 radical (unpaired) electrons. The van der Waals surface area contributed by atoms with Crippen LogP contribution >= 0.6 is 0 Å². The summed E-state index contributed by atoms with van der Waals surface area (Å²) in [5.74, 6) is 1.66. The van der Waals surface area contributed by atoms with Crippen LogP contribution in [-0.2, 0) is 5.41 Å². The fraction of sp³-hybridized carbons (Fsp3) is 0.500. The lowest BCUT2D eigenvalue weighted by Crippen LogP contribution is -2.50. The van der Waals surface area contributed by atoms with E-state index in [4.69, 9.17) is 0 Å². The quantitative estimate of drug-likeness (QED) is 0.619. The molecule has 0 N–H and O–H groups in total. The molecule has 0 unspecified atom stereocenters. The molecule has 3 aliphatic carbocycles. The lowest BCUT2D eigenvalue weighted by molar-refractivity contribution is 0.0935. The topological polar surface area (TPSA) is 0 Å². The van der Waals surface area contributed by atoms with Gasteiger partial charge in [-0.2, -0.15) is 0 Å². The van der Waals surface area contributed by atoms with Gasteiger partial charge in [0.2, 0.25) is 0 Å². The summed E-state index contributed by atoms with van der Waals surface area (Å²) in [4.78, 5) is 0. The van der Waals surface area contributed by atoms with E-state index in [9.17, 15) is 0 Å². The minimum Gasteiger partial charge on any atom is -0.0839 e. The Morgan fingerprint density at radius 1 is 0.875 bits per heavy atom. The largest absolute Gasteiger partial charge is 0.0839 e. The van der Waals surface area contributed by atoms with E-state index >= 15 is 0 Å². The molecule has 1 aromatic rings. The third-order valence-corrected chi connectivity index (χ3v) is 6.35. The Kier molecular flexibility index (Phi) is 1.22. The van der Waals surface area contributed by atoms with E-state index in [-0.39, 0.29) is 0 Å². The Balaban J connectivity index is 1.93. The second-order valence-corrected chi connectivity index (χ2v) is 6.44. The van der Waals surface area contributed by atoms with Crippen molar-refractivity contribution in [2.45, 2.75) is 26.2 Å². The van der Waals surface area contributed by atoms with E-state index in [1.807, 2.05) is 0 Å². The molecule has 0 aromatic heterocycles. The summed E-state index contributed by atoms with van der Waals surface area (Å²) in [7, 11) is 0. The first-order valence-electron chi connectivity index (χ1n) is 6.32. The number of rotatable bonds is 1. The minimum atomic E-state index is 0.445. The van der Waals surface area contributed by atoms with E-state index in [2.05, 4.69) is 63.3 Å². The average Bonchev–Trinajstić information content (AvgIpc) is 2.56. The summed E-state index contributed by atoms with van der Waals surface area (Å²) in [5, 5.41) is 0. The molecule has 16 heavy (non-hydrogen) atoms. The normalized spacial score (nSPS) is 49.7. The lowest BCUT2D eigenvalue weighted by atomic mass is 9.50. The predicted octanol–water partition coefficient (Wildman–Crippen LogP) is 3.79. The van der Waals surface area contributed by atoms with Gasteiger partial charge < -0.3 is 0 Å². The number of hydrogen-bond donors (Lipinski definition) is 0. The van der Waals surface area contributed by atoms with Crippen molar-refractivity contribution < 1.29 is 0 Å². The van der Waals surface area contributed by atoms with Crippen LogP contribution in [0.1, 0.15) is 26.3 Å². The molecule has 0 heterocycles. The summed E-state index contributed by atoms with van der Waals surface area (Å²) < 4.78 is 0. The summed E-state index contributed by atoms with van der Waals surface area (Å²) in [6, 6.07) is 11.2. The minimum absolute atomic E-state index is 0.445. The molecule has 0 saturated heterocycles. The molecule has 0 heteroatoms. The summed E-state index contributed by atoms with van der Waals surface area (Å²) in [5.41, 5.74) is 2.98. The molecule has 0 aliphatic heterocycles. The Morgan fingerprint density at radius 2 is 1.50 bits per heavy atom. The zero-order valence-electron chi connectivity index (χ0n) is 10.2. The first-order chi connectivity index (χ1) is 7.58. The standard InChI is InChI=1S/C16H18/c1-14(2)15(3)12-9-10-13(12)16(14,15)11-7-5-4-6-8-11/h4-10,12-13H,1-3H3/t12-,13+,15+,16+/m1/s1. The van der Waals surface area contributed by atoms with Crippen LogP contribution < -0.4 is 0 Å². The maximum absolute atomic E-state index is 2.49. The number of benzene rings is 1.